The molecule has 208 valence electrons. The number of hydrogen-bond acceptors (Lipinski definition) is 15. The number of benzene rings is 2. The Kier molecular flexibility index (Phi) is 7.62. The molecule has 1 aliphatic heterocycles. The number of carbonyl (C=O) groups is 2. The van der Waals surface area contributed by atoms with E-state index >= 15 is 0 Å². The fraction of sp³-hybridized carbons (Fsp3) is 0.292. The highest BCUT2D eigenvalue weighted by Gasteiger charge is 2.45. The smallest absolute Gasteiger partial charge is 0.322 e. The molecule has 15 heteroatoms. The predicted molar refractivity (Wildman–Crippen MR) is 125 cm³/mol. The van der Waals surface area contributed by atoms with Crippen molar-refractivity contribution in [2.24, 2.45) is 0 Å². The van der Waals surface area contributed by atoms with Gasteiger partial charge in [-0.25, -0.2) is 0 Å². The van der Waals surface area contributed by atoms with E-state index in [1.807, 2.05) is 0 Å². The second-order valence-electron chi connectivity index (χ2n) is 8.47. The third kappa shape index (κ3) is 5.43. The summed E-state index contributed by atoms with van der Waals surface area (Å²) in [5, 5.41) is 77.7. The molecule has 4 rings (SSSR count). The third-order valence-corrected chi connectivity index (χ3v) is 5.76. The number of aromatic hydroxyl groups is 4. The number of hydrogen-bond donors (Lipinski definition) is 8. The van der Waals surface area contributed by atoms with Crippen LogP contribution in [0.3, 0.4) is 0 Å². The monoisotopic (exact) mass is 550 g/mol. The van der Waals surface area contributed by atoms with Gasteiger partial charge in [-0.3, -0.25) is 14.4 Å². The van der Waals surface area contributed by atoms with Crippen molar-refractivity contribution in [2.45, 2.75) is 37.1 Å². The molecule has 1 fully saturated rings. The summed E-state index contributed by atoms with van der Waals surface area (Å²) in [6, 6.07) is 5.01. The lowest BCUT2D eigenvalue weighted by Gasteiger charge is -2.39. The van der Waals surface area contributed by atoms with Crippen LogP contribution >= 0.6 is 0 Å². The van der Waals surface area contributed by atoms with Crippen molar-refractivity contribution in [3.8, 4) is 40.1 Å². The van der Waals surface area contributed by atoms with E-state index in [0.29, 0.717) is 0 Å². The molecule has 3 aromatic rings. The topological polar surface area (TPSA) is 254 Å². The minimum Gasteiger partial charge on any atom is -0.508 e. The molecule has 2 heterocycles. The molecule has 15 nitrogen and oxygen atoms in total. The first kappa shape index (κ1) is 27.6. The third-order valence-electron chi connectivity index (χ3n) is 5.76. The Labute approximate surface area is 216 Å². The Morgan fingerprint density at radius 1 is 0.872 bits per heavy atom. The normalized spacial score (nSPS) is 22.9. The maximum absolute atomic E-state index is 13.2. The summed E-state index contributed by atoms with van der Waals surface area (Å²) in [5.41, 5.74) is -1.52. The molecule has 0 aliphatic carbocycles. The number of phenols is 4. The van der Waals surface area contributed by atoms with E-state index < -0.39 is 101 Å². The lowest BCUT2D eigenvalue weighted by Crippen LogP contribution is -2.59. The van der Waals surface area contributed by atoms with Gasteiger partial charge >= 0.3 is 11.9 Å². The zero-order valence-electron chi connectivity index (χ0n) is 19.6. The van der Waals surface area contributed by atoms with E-state index in [1.165, 1.54) is 6.07 Å². The van der Waals surface area contributed by atoms with E-state index in [0.717, 1.165) is 24.3 Å². The first-order valence-corrected chi connectivity index (χ1v) is 11.2. The van der Waals surface area contributed by atoms with Crippen LogP contribution < -0.4 is 10.2 Å². The van der Waals surface area contributed by atoms with Gasteiger partial charge in [0.15, 0.2) is 17.3 Å². The summed E-state index contributed by atoms with van der Waals surface area (Å²) in [7, 11) is 0. The van der Waals surface area contributed by atoms with E-state index in [1.54, 1.807) is 0 Å². The van der Waals surface area contributed by atoms with Crippen molar-refractivity contribution in [2.75, 3.05) is 6.61 Å². The van der Waals surface area contributed by atoms with E-state index in [9.17, 15) is 55.2 Å². The van der Waals surface area contributed by atoms with Crippen LogP contribution in [0.15, 0.2) is 39.5 Å². The van der Waals surface area contributed by atoms with Gasteiger partial charge in [0.25, 0.3) is 0 Å². The summed E-state index contributed by atoms with van der Waals surface area (Å²) >= 11 is 0. The zero-order valence-corrected chi connectivity index (χ0v) is 19.6. The number of ether oxygens (including phenoxy) is 3. The molecule has 5 atom stereocenters. The van der Waals surface area contributed by atoms with Crippen molar-refractivity contribution in [3.05, 3.63) is 40.6 Å². The van der Waals surface area contributed by atoms with Gasteiger partial charge in [0.2, 0.25) is 17.5 Å². The van der Waals surface area contributed by atoms with Crippen LogP contribution in [0.25, 0.3) is 22.3 Å². The largest absolute Gasteiger partial charge is 0.508 e. The molecular formula is C24H22O15. The highest BCUT2D eigenvalue weighted by Crippen LogP contribution is 2.38. The molecule has 8 N–H and O–H groups in total. The van der Waals surface area contributed by atoms with Crippen molar-refractivity contribution in [3.63, 3.8) is 0 Å². The van der Waals surface area contributed by atoms with Crippen LogP contribution in [-0.4, -0.2) is 90.1 Å². The van der Waals surface area contributed by atoms with Crippen LogP contribution in [-0.2, 0) is 19.1 Å². The number of carbonyl (C=O) groups excluding carboxylic acids is 2. The van der Waals surface area contributed by atoms with Crippen LogP contribution in [0.4, 0.5) is 0 Å². The maximum Gasteiger partial charge on any atom is 0.322 e. The number of aliphatic hydroxyl groups excluding tert-OH is 4. The number of aliphatic hydroxyl groups is 4. The van der Waals surface area contributed by atoms with E-state index in [-0.39, 0.29) is 11.1 Å². The summed E-state index contributed by atoms with van der Waals surface area (Å²) in [4.78, 5) is 38.1. The summed E-state index contributed by atoms with van der Waals surface area (Å²) in [6.45, 7) is -0.793. The van der Waals surface area contributed by atoms with Crippen LogP contribution in [0, 0.1) is 0 Å². The second kappa shape index (κ2) is 10.8. The lowest BCUT2D eigenvalue weighted by atomic mass is 9.99. The quantitative estimate of drug-likeness (QED) is 0.103. The van der Waals surface area contributed by atoms with Crippen LogP contribution in [0.5, 0.6) is 28.7 Å². The minimum atomic E-state index is -1.93. The van der Waals surface area contributed by atoms with Crippen LogP contribution in [0.2, 0.25) is 0 Å². The molecule has 0 amide bonds. The molecular weight excluding hydrogens is 528 g/mol. The van der Waals surface area contributed by atoms with Crippen LogP contribution in [0.1, 0.15) is 6.42 Å². The highest BCUT2D eigenvalue weighted by atomic mass is 16.7. The number of rotatable bonds is 6. The van der Waals surface area contributed by atoms with Crippen molar-refractivity contribution in [1.82, 2.24) is 0 Å². The fourth-order valence-corrected chi connectivity index (χ4v) is 3.82. The highest BCUT2D eigenvalue weighted by molar-refractivity contribution is 5.94. The Morgan fingerprint density at radius 2 is 1.59 bits per heavy atom. The van der Waals surface area contributed by atoms with Gasteiger partial charge in [-0.2, -0.15) is 0 Å². The average molecular weight is 550 g/mol. The standard InChI is InChI=1S/C24H22O15/c25-7-14-18(32)20(34)21(35)24(37-14)39-16(31)6-15(30)38-23-19(33)17-12(29)4-9(26)5-13(17)36-22(23)8-1-2-10(27)11(28)3-8/h1-5,14,18,20-21,24-29,32,34-35H,6-7H2/t14-,18-,20-,21-,24+/m1/s1. The molecule has 0 radical (unpaired) electrons. The predicted octanol–water partition coefficient (Wildman–Crippen LogP) is -1.08. The summed E-state index contributed by atoms with van der Waals surface area (Å²) in [6.07, 6.45) is -9.91. The summed E-state index contributed by atoms with van der Waals surface area (Å²) < 4.78 is 20.5. The first-order valence-electron chi connectivity index (χ1n) is 11.2. The van der Waals surface area contributed by atoms with Gasteiger partial charge in [-0.1, -0.05) is 0 Å². The van der Waals surface area contributed by atoms with Crippen molar-refractivity contribution in [1.29, 1.82) is 0 Å². The fourth-order valence-electron chi connectivity index (χ4n) is 3.82. The zero-order chi connectivity index (χ0) is 28.6. The number of phenolic OH excluding ortho intramolecular Hbond substituents is 4. The van der Waals surface area contributed by atoms with Gasteiger partial charge in [0.05, 0.1) is 6.61 Å². The molecule has 0 spiro atoms. The molecule has 1 aromatic heterocycles. The van der Waals surface area contributed by atoms with Gasteiger partial charge in [0, 0.05) is 17.7 Å². The minimum absolute atomic E-state index is 0.0844. The number of fused-ring (bicyclic) bond motifs is 1. The molecule has 0 saturated carbocycles. The van der Waals surface area contributed by atoms with Crippen molar-refractivity contribution >= 4 is 22.9 Å². The molecule has 1 saturated heterocycles. The number of esters is 2. The Hall–Kier alpha value is -4.41. The molecule has 2 aromatic carbocycles. The van der Waals surface area contributed by atoms with E-state index in [4.69, 9.17) is 18.6 Å². The van der Waals surface area contributed by atoms with Gasteiger partial charge in [0.1, 0.15) is 53.3 Å². The lowest BCUT2D eigenvalue weighted by molar-refractivity contribution is -0.292. The average Bonchev–Trinajstić information content (AvgIpc) is 2.87. The molecule has 0 unspecified atom stereocenters. The van der Waals surface area contributed by atoms with Gasteiger partial charge < -0.3 is 59.5 Å². The second-order valence-corrected chi connectivity index (χ2v) is 8.47. The van der Waals surface area contributed by atoms with E-state index in [2.05, 4.69) is 0 Å². The van der Waals surface area contributed by atoms with Gasteiger partial charge in [-0.15, -0.1) is 0 Å². The Balaban J connectivity index is 1.63. The SMILES string of the molecule is O=C(CC(=O)O[C@@H]1O[C@H](CO)[C@@H](O)[C@@H](O)[C@H]1O)Oc1c(-c2ccc(O)c(O)c2)oc2cc(O)cc(O)c2c1=O. The molecule has 1 aliphatic rings. The molecule has 0 bridgehead atoms. The Morgan fingerprint density at radius 3 is 2.26 bits per heavy atom. The van der Waals surface area contributed by atoms with Crippen molar-refractivity contribution < 1.29 is 69.1 Å². The first-order chi connectivity index (χ1) is 18.4. The van der Waals surface area contributed by atoms with Gasteiger partial charge in [-0.05, 0) is 18.2 Å². The maximum atomic E-state index is 13.2. The summed E-state index contributed by atoms with van der Waals surface area (Å²) in [5.74, 6) is -6.41. The molecule has 39 heavy (non-hydrogen) atoms. The Bertz CT molecular complexity index is 1480.